The second-order valence-corrected chi connectivity index (χ2v) is 7.80. The molecule has 0 bridgehead atoms. The van der Waals surface area contributed by atoms with E-state index in [0.29, 0.717) is 29.7 Å². The summed E-state index contributed by atoms with van der Waals surface area (Å²) in [5, 5.41) is 1.43. The molecule has 0 radical (unpaired) electrons. The molecular formula is C22H22ClN3OS. The summed E-state index contributed by atoms with van der Waals surface area (Å²) in [4.78, 5) is 23.6. The van der Waals surface area contributed by atoms with Crippen LogP contribution in [0.5, 0.6) is 0 Å². The first-order valence-corrected chi connectivity index (χ1v) is 10.5. The number of rotatable bonds is 7. The number of hydrogen-bond acceptors (Lipinski definition) is 4. The largest absolute Gasteiger partial charge is 0.338 e. The van der Waals surface area contributed by atoms with Crippen molar-refractivity contribution in [3.05, 3.63) is 76.9 Å². The van der Waals surface area contributed by atoms with Crippen LogP contribution in [0.2, 0.25) is 5.02 Å². The highest BCUT2D eigenvalue weighted by Crippen LogP contribution is 2.24. The summed E-state index contributed by atoms with van der Waals surface area (Å²) in [6.07, 6.45) is 0. The molecule has 3 aromatic rings. The predicted molar refractivity (Wildman–Crippen MR) is 115 cm³/mol. The van der Waals surface area contributed by atoms with Crippen molar-refractivity contribution in [2.24, 2.45) is 0 Å². The third-order valence-corrected chi connectivity index (χ3v) is 5.34. The van der Waals surface area contributed by atoms with Crippen LogP contribution in [0.25, 0.3) is 11.4 Å². The van der Waals surface area contributed by atoms with Crippen molar-refractivity contribution in [1.82, 2.24) is 14.9 Å². The number of carbonyl (C=O) groups is 1. The van der Waals surface area contributed by atoms with E-state index < -0.39 is 0 Å². The third kappa shape index (κ3) is 5.57. The lowest BCUT2D eigenvalue weighted by molar-refractivity contribution is -0.128. The van der Waals surface area contributed by atoms with Gasteiger partial charge in [-0.25, -0.2) is 9.97 Å². The molecule has 2 aromatic carbocycles. The van der Waals surface area contributed by atoms with E-state index in [0.717, 1.165) is 21.8 Å². The molecule has 0 aliphatic heterocycles. The second kappa shape index (κ2) is 9.71. The Kier molecular flexibility index (Phi) is 7.06. The maximum absolute atomic E-state index is 12.7. The Morgan fingerprint density at radius 3 is 2.57 bits per heavy atom. The smallest absolute Gasteiger partial charge is 0.233 e. The van der Waals surface area contributed by atoms with E-state index in [4.69, 9.17) is 11.6 Å². The number of carbonyl (C=O) groups excluding carboxylic acids is 1. The van der Waals surface area contributed by atoms with Crippen LogP contribution in [-0.2, 0) is 11.3 Å². The SMILES string of the molecule is CCN(Cc1ccccc1)C(=O)CSc1cc(C)nc(-c2cccc(Cl)c2)n1. The molecule has 4 nitrogen and oxygen atoms in total. The molecule has 1 heterocycles. The van der Waals surface area contributed by atoms with E-state index in [-0.39, 0.29) is 5.91 Å². The van der Waals surface area contributed by atoms with Crippen LogP contribution in [0.1, 0.15) is 18.2 Å². The fraction of sp³-hybridized carbons (Fsp3) is 0.227. The summed E-state index contributed by atoms with van der Waals surface area (Å²) in [6.45, 7) is 5.21. The van der Waals surface area contributed by atoms with E-state index in [1.54, 1.807) is 0 Å². The van der Waals surface area contributed by atoms with Crippen molar-refractivity contribution < 1.29 is 4.79 Å². The summed E-state index contributed by atoms with van der Waals surface area (Å²) < 4.78 is 0. The van der Waals surface area contributed by atoms with Crippen molar-refractivity contribution in [1.29, 1.82) is 0 Å². The number of hydrogen-bond donors (Lipinski definition) is 0. The maximum Gasteiger partial charge on any atom is 0.233 e. The second-order valence-electron chi connectivity index (χ2n) is 6.36. The summed E-state index contributed by atoms with van der Waals surface area (Å²) in [5.41, 5.74) is 2.85. The van der Waals surface area contributed by atoms with Crippen LogP contribution in [0, 0.1) is 6.92 Å². The topological polar surface area (TPSA) is 46.1 Å². The average Bonchev–Trinajstić information content (AvgIpc) is 2.70. The van der Waals surface area contributed by atoms with E-state index >= 15 is 0 Å². The number of benzene rings is 2. The van der Waals surface area contributed by atoms with Gasteiger partial charge in [0.15, 0.2) is 5.82 Å². The van der Waals surface area contributed by atoms with E-state index in [1.807, 2.05) is 79.4 Å². The monoisotopic (exact) mass is 411 g/mol. The molecule has 6 heteroatoms. The molecule has 0 saturated heterocycles. The van der Waals surface area contributed by atoms with Crippen LogP contribution in [0.4, 0.5) is 0 Å². The molecular weight excluding hydrogens is 390 g/mol. The zero-order valence-corrected chi connectivity index (χ0v) is 17.5. The molecule has 28 heavy (non-hydrogen) atoms. The van der Waals surface area contributed by atoms with Crippen molar-refractivity contribution in [2.45, 2.75) is 25.4 Å². The van der Waals surface area contributed by atoms with Gasteiger partial charge in [-0.2, -0.15) is 0 Å². The Bertz CT molecular complexity index is 950. The lowest BCUT2D eigenvalue weighted by Crippen LogP contribution is -2.31. The Morgan fingerprint density at radius 1 is 1.07 bits per heavy atom. The molecule has 0 aliphatic rings. The minimum absolute atomic E-state index is 0.0944. The number of thioether (sulfide) groups is 1. The predicted octanol–water partition coefficient (Wildman–Crippen LogP) is 5.25. The Hall–Kier alpha value is -2.37. The van der Waals surface area contributed by atoms with Gasteiger partial charge in [0, 0.05) is 29.4 Å². The molecule has 0 aliphatic carbocycles. The normalized spacial score (nSPS) is 10.7. The molecule has 0 fully saturated rings. The Morgan fingerprint density at radius 2 is 1.86 bits per heavy atom. The first-order chi connectivity index (χ1) is 13.5. The zero-order chi connectivity index (χ0) is 19.9. The molecule has 0 saturated carbocycles. The molecule has 0 N–H and O–H groups in total. The first-order valence-electron chi connectivity index (χ1n) is 9.11. The minimum Gasteiger partial charge on any atom is -0.338 e. The quantitative estimate of drug-likeness (QED) is 0.393. The van der Waals surface area contributed by atoms with Crippen LogP contribution >= 0.6 is 23.4 Å². The highest BCUT2D eigenvalue weighted by atomic mass is 35.5. The van der Waals surface area contributed by atoms with Gasteiger partial charge in [0.05, 0.1) is 5.75 Å². The van der Waals surface area contributed by atoms with Crippen molar-refractivity contribution in [3.63, 3.8) is 0 Å². The first kappa shape index (κ1) is 20.4. The van der Waals surface area contributed by atoms with Crippen LogP contribution in [0.3, 0.4) is 0 Å². The summed E-state index contributed by atoms with van der Waals surface area (Å²) in [6, 6.07) is 19.4. The fourth-order valence-electron chi connectivity index (χ4n) is 2.78. The summed E-state index contributed by atoms with van der Waals surface area (Å²) >= 11 is 7.52. The number of aromatic nitrogens is 2. The van der Waals surface area contributed by atoms with Crippen molar-refractivity contribution in [2.75, 3.05) is 12.3 Å². The van der Waals surface area contributed by atoms with E-state index in [9.17, 15) is 4.79 Å². The number of amides is 1. The lowest BCUT2D eigenvalue weighted by atomic mass is 10.2. The van der Waals surface area contributed by atoms with Crippen LogP contribution in [0.15, 0.2) is 65.7 Å². The highest BCUT2D eigenvalue weighted by Gasteiger charge is 2.14. The molecule has 144 valence electrons. The van der Waals surface area contributed by atoms with Gasteiger partial charge >= 0.3 is 0 Å². The average molecular weight is 412 g/mol. The van der Waals surface area contributed by atoms with Gasteiger partial charge in [-0.05, 0) is 37.6 Å². The fourth-order valence-corrected chi connectivity index (χ4v) is 3.83. The van der Waals surface area contributed by atoms with E-state index in [1.165, 1.54) is 11.8 Å². The lowest BCUT2D eigenvalue weighted by Gasteiger charge is -2.20. The molecule has 0 unspecified atom stereocenters. The van der Waals surface area contributed by atoms with Gasteiger partial charge in [-0.15, -0.1) is 0 Å². The molecule has 3 rings (SSSR count). The van der Waals surface area contributed by atoms with Gasteiger partial charge in [0.25, 0.3) is 0 Å². The van der Waals surface area contributed by atoms with Crippen LogP contribution < -0.4 is 0 Å². The van der Waals surface area contributed by atoms with Crippen molar-refractivity contribution in [3.8, 4) is 11.4 Å². The standard InChI is InChI=1S/C22H22ClN3OS/c1-3-26(14-17-8-5-4-6-9-17)21(27)15-28-20-12-16(2)24-22(25-20)18-10-7-11-19(23)13-18/h4-13H,3,14-15H2,1-2H3. The maximum atomic E-state index is 12.7. The summed E-state index contributed by atoms with van der Waals surface area (Å²) in [5.74, 6) is 1.05. The Balaban J connectivity index is 1.68. The molecule has 1 amide bonds. The number of aryl methyl sites for hydroxylation is 1. The molecule has 0 spiro atoms. The van der Waals surface area contributed by atoms with Crippen LogP contribution in [-0.4, -0.2) is 33.1 Å². The summed E-state index contributed by atoms with van der Waals surface area (Å²) in [7, 11) is 0. The Labute approximate surface area is 175 Å². The van der Waals surface area contributed by atoms with E-state index in [2.05, 4.69) is 9.97 Å². The van der Waals surface area contributed by atoms with Gasteiger partial charge in [0.1, 0.15) is 5.03 Å². The van der Waals surface area contributed by atoms with Crippen molar-refractivity contribution >= 4 is 29.3 Å². The molecule has 1 aromatic heterocycles. The van der Waals surface area contributed by atoms with Gasteiger partial charge in [-0.3, -0.25) is 4.79 Å². The van der Waals surface area contributed by atoms with Gasteiger partial charge < -0.3 is 4.90 Å². The van der Waals surface area contributed by atoms with Gasteiger partial charge in [0.2, 0.25) is 5.91 Å². The molecule has 0 atom stereocenters. The number of nitrogens with zero attached hydrogens (tertiary/aromatic N) is 3. The highest BCUT2D eigenvalue weighted by molar-refractivity contribution is 7.99. The minimum atomic E-state index is 0.0944. The zero-order valence-electron chi connectivity index (χ0n) is 15.9. The third-order valence-electron chi connectivity index (χ3n) is 4.21. The van der Waals surface area contributed by atoms with Gasteiger partial charge in [-0.1, -0.05) is 65.8 Å². The number of halogens is 1.